The first-order chi connectivity index (χ1) is 12.9. The predicted octanol–water partition coefficient (Wildman–Crippen LogP) is 4.23. The molecule has 1 aliphatic heterocycles. The van der Waals surface area contributed by atoms with Gasteiger partial charge in [-0.2, -0.15) is 0 Å². The maximum atomic E-state index is 5.03. The standard InChI is InChI=1S/C22H23N3S/c1-2-7-18(8-3-1)25-14-12-24(13-15-25)16-21-23-22-19-9-5-4-6-17(19)10-11-20(22)26-21/h1-9H,10-16H2. The minimum Gasteiger partial charge on any atom is -0.369 e. The van der Waals surface area contributed by atoms with Crippen molar-refractivity contribution >= 4 is 17.0 Å². The summed E-state index contributed by atoms with van der Waals surface area (Å²) in [5, 5.41) is 1.28. The molecule has 2 aliphatic rings. The molecule has 1 aliphatic carbocycles. The van der Waals surface area contributed by atoms with Crippen LogP contribution in [-0.2, 0) is 19.4 Å². The summed E-state index contributed by atoms with van der Waals surface area (Å²) in [5.41, 5.74) is 5.39. The lowest BCUT2D eigenvalue weighted by molar-refractivity contribution is 0.249. The van der Waals surface area contributed by atoms with Crippen LogP contribution in [0, 0.1) is 0 Å². The zero-order valence-electron chi connectivity index (χ0n) is 14.9. The molecule has 132 valence electrons. The van der Waals surface area contributed by atoms with Gasteiger partial charge in [0.15, 0.2) is 0 Å². The van der Waals surface area contributed by atoms with Gasteiger partial charge in [-0.15, -0.1) is 11.3 Å². The molecule has 1 fully saturated rings. The van der Waals surface area contributed by atoms with E-state index in [-0.39, 0.29) is 0 Å². The van der Waals surface area contributed by atoms with Gasteiger partial charge in [-0.3, -0.25) is 4.90 Å². The summed E-state index contributed by atoms with van der Waals surface area (Å²) >= 11 is 1.92. The van der Waals surface area contributed by atoms with Crippen LogP contribution in [0.4, 0.5) is 5.69 Å². The topological polar surface area (TPSA) is 19.4 Å². The van der Waals surface area contributed by atoms with E-state index in [2.05, 4.69) is 64.4 Å². The Bertz CT molecular complexity index is 895. The Morgan fingerprint density at radius 3 is 2.46 bits per heavy atom. The molecule has 0 N–H and O–H groups in total. The van der Waals surface area contributed by atoms with Crippen LogP contribution in [0.15, 0.2) is 54.6 Å². The molecule has 2 aromatic carbocycles. The van der Waals surface area contributed by atoms with Crippen LogP contribution in [0.2, 0.25) is 0 Å². The van der Waals surface area contributed by atoms with Crippen molar-refractivity contribution in [2.45, 2.75) is 19.4 Å². The lowest BCUT2D eigenvalue weighted by Crippen LogP contribution is -2.45. The van der Waals surface area contributed by atoms with E-state index in [0.717, 1.165) is 45.6 Å². The van der Waals surface area contributed by atoms with Crippen LogP contribution >= 0.6 is 11.3 Å². The van der Waals surface area contributed by atoms with Gasteiger partial charge in [0.25, 0.3) is 0 Å². The van der Waals surface area contributed by atoms with Gasteiger partial charge in [-0.25, -0.2) is 4.98 Å². The molecule has 0 saturated carbocycles. The molecule has 0 amide bonds. The van der Waals surface area contributed by atoms with Gasteiger partial charge in [0.2, 0.25) is 0 Å². The van der Waals surface area contributed by atoms with Crippen LogP contribution in [0.1, 0.15) is 15.4 Å². The second-order valence-electron chi connectivity index (χ2n) is 7.14. The van der Waals surface area contributed by atoms with E-state index >= 15 is 0 Å². The molecule has 0 bridgehead atoms. The third kappa shape index (κ3) is 3.04. The van der Waals surface area contributed by atoms with Crippen LogP contribution in [0.3, 0.4) is 0 Å². The molecular weight excluding hydrogens is 338 g/mol. The van der Waals surface area contributed by atoms with E-state index in [1.807, 2.05) is 11.3 Å². The first-order valence-electron chi connectivity index (χ1n) is 9.46. The molecule has 0 radical (unpaired) electrons. The Morgan fingerprint density at radius 1 is 0.846 bits per heavy atom. The van der Waals surface area contributed by atoms with Crippen molar-refractivity contribution in [2.75, 3.05) is 31.1 Å². The number of thiazole rings is 1. The quantitative estimate of drug-likeness (QED) is 0.696. The molecule has 3 aromatic rings. The molecule has 2 heterocycles. The van der Waals surface area contributed by atoms with Crippen molar-refractivity contribution in [2.24, 2.45) is 0 Å². The number of anilines is 1. The maximum Gasteiger partial charge on any atom is 0.108 e. The van der Waals surface area contributed by atoms with Gasteiger partial charge in [0.05, 0.1) is 12.2 Å². The Kier molecular flexibility index (Phi) is 4.23. The molecule has 0 unspecified atom stereocenters. The molecular formula is C22H23N3S. The fraction of sp³-hybridized carbons (Fsp3) is 0.318. The summed E-state index contributed by atoms with van der Waals surface area (Å²) in [6.07, 6.45) is 2.30. The summed E-state index contributed by atoms with van der Waals surface area (Å²) in [6, 6.07) is 19.5. The Balaban J connectivity index is 1.27. The van der Waals surface area contributed by atoms with E-state index in [0.29, 0.717) is 0 Å². The van der Waals surface area contributed by atoms with Crippen molar-refractivity contribution in [3.8, 4) is 11.3 Å². The first kappa shape index (κ1) is 16.0. The van der Waals surface area contributed by atoms with Gasteiger partial charge in [0.1, 0.15) is 5.01 Å². The lowest BCUT2D eigenvalue weighted by atomic mass is 9.94. The molecule has 26 heavy (non-hydrogen) atoms. The van der Waals surface area contributed by atoms with Gasteiger partial charge >= 0.3 is 0 Å². The number of fused-ring (bicyclic) bond motifs is 3. The maximum absolute atomic E-state index is 5.03. The van der Waals surface area contributed by atoms with Gasteiger partial charge in [-0.05, 0) is 30.5 Å². The van der Waals surface area contributed by atoms with E-state index in [1.165, 1.54) is 32.4 Å². The molecule has 1 aromatic heterocycles. The monoisotopic (exact) mass is 361 g/mol. The average Bonchev–Trinajstić information content (AvgIpc) is 3.12. The number of para-hydroxylation sites is 1. The fourth-order valence-corrected chi connectivity index (χ4v) is 5.18. The fourth-order valence-electron chi connectivity index (χ4n) is 4.06. The number of nitrogens with zero attached hydrogens (tertiary/aromatic N) is 3. The number of hydrogen-bond acceptors (Lipinski definition) is 4. The van der Waals surface area contributed by atoms with E-state index in [4.69, 9.17) is 4.98 Å². The Morgan fingerprint density at radius 2 is 1.62 bits per heavy atom. The number of hydrogen-bond donors (Lipinski definition) is 0. The highest BCUT2D eigenvalue weighted by molar-refractivity contribution is 7.12. The minimum atomic E-state index is 0.989. The normalized spacial score (nSPS) is 17.0. The van der Waals surface area contributed by atoms with E-state index in [9.17, 15) is 0 Å². The molecule has 0 atom stereocenters. The number of aromatic nitrogens is 1. The number of rotatable bonds is 3. The second-order valence-corrected chi connectivity index (χ2v) is 8.30. The smallest absolute Gasteiger partial charge is 0.108 e. The van der Waals surface area contributed by atoms with Crippen molar-refractivity contribution in [1.29, 1.82) is 0 Å². The average molecular weight is 362 g/mol. The SMILES string of the molecule is c1ccc(N2CCN(Cc3nc4c(s3)CCc3ccccc3-4)CC2)cc1. The highest BCUT2D eigenvalue weighted by Crippen LogP contribution is 2.36. The minimum absolute atomic E-state index is 0.989. The summed E-state index contributed by atoms with van der Waals surface area (Å²) in [7, 11) is 0. The van der Waals surface area contributed by atoms with Crippen molar-refractivity contribution in [3.05, 3.63) is 70.0 Å². The second kappa shape index (κ2) is 6.86. The molecule has 1 saturated heterocycles. The number of piperazine rings is 1. The van der Waals surface area contributed by atoms with Gasteiger partial charge in [0, 0.05) is 42.3 Å². The lowest BCUT2D eigenvalue weighted by Gasteiger charge is -2.35. The molecule has 4 heteroatoms. The Hall–Kier alpha value is -2.17. The first-order valence-corrected chi connectivity index (χ1v) is 10.3. The van der Waals surface area contributed by atoms with Gasteiger partial charge < -0.3 is 4.90 Å². The zero-order chi connectivity index (χ0) is 17.3. The number of benzene rings is 2. The Labute approximate surface area is 158 Å². The van der Waals surface area contributed by atoms with E-state index < -0.39 is 0 Å². The highest BCUT2D eigenvalue weighted by atomic mass is 32.1. The van der Waals surface area contributed by atoms with Crippen LogP contribution in [-0.4, -0.2) is 36.1 Å². The summed E-state index contributed by atoms with van der Waals surface area (Å²) in [5.74, 6) is 0. The van der Waals surface area contributed by atoms with Crippen molar-refractivity contribution in [1.82, 2.24) is 9.88 Å². The summed E-state index contributed by atoms with van der Waals surface area (Å²) < 4.78 is 0. The summed E-state index contributed by atoms with van der Waals surface area (Å²) in [4.78, 5) is 11.5. The van der Waals surface area contributed by atoms with Crippen LogP contribution in [0.5, 0.6) is 0 Å². The van der Waals surface area contributed by atoms with Crippen LogP contribution < -0.4 is 4.90 Å². The van der Waals surface area contributed by atoms with Gasteiger partial charge in [-0.1, -0.05) is 42.5 Å². The predicted molar refractivity (Wildman–Crippen MR) is 109 cm³/mol. The zero-order valence-corrected chi connectivity index (χ0v) is 15.7. The summed E-state index contributed by atoms with van der Waals surface area (Å²) in [6.45, 7) is 5.39. The van der Waals surface area contributed by atoms with Crippen molar-refractivity contribution in [3.63, 3.8) is 0 Å². The molecule has 3 nitrogen and oxygen atoms in total. The molecule has 5 rings (SSSR count). The van der Waals surface area contributed by atoms with E-state index in [1.54, 1.807) is 0 Å². The van der Waals surface area contributed by atoms with Crippen LogP contribution in [0.25, 0.3) is 11.3 Å². The third-order valence-electron chi connectivity index (χ3n) is 5.49. The largest absolute Gasteiger partial charge is 0.369 e. The third-order valence-corrected chi connectivity index (χ3v) is 6.59. The number of aryl methyl sites for hydroxylation is 2. The molecule has 0 spiro atoms. The highest BCUT2D eigenvalue weighted by Gasteiger charge is 2.23. The van der Waals surface area contributed by atoms with Crippen molar-refractivity contribution < 1.29 is 0 Å².